The van der Waals surface area contributed by atoms with Gasteiger partial charge in [0.25, 0.3) is 0 Å². The van der Waals surface area contributed by atoms with Gasteiger partial charge in [-0.15, -0.1) is 0 Å². The molecule has 1 aliphatic heterocycles. The Morgan fingerprint density at radius 1 is 1.21 bits per heavy atom. The van der Waals surface area contributed by atoms with E-state index < -0.39 is 10.0 Å². The van der Waals surface area contributed by atoms with Crippen molar-refractivity contribution in [2.45, 2.75) is 45.3 Å². The molecule has 0 radical (unpaired) electrons. The number of unbranched alkanes of at least 4 members (excludes halogenated alkanes) is 1. The Hall–Kier alpha value is -3.15. The van der Waals surface area contributed by atoms with Crippen molar-refractivity contribution < 1.29 is 8.42 Å². The maximum absolute atomic E-state index is 13.5. The van der Waals surface area contributed by atoms with Crippen molar-refractivity contribution in [3.05, 3.63) is 83.4 Å². The molecule has 0 fully saturated rings. The number of imidazole rings is 1. The number of anilines is 1. The monoisotopic (exact) mass is 463 g/mol. The molecule has 172 valence electrons. The van der Waals surface area contributed by atoms with Crippen molar-refractivity contribution in [1.29, 1.82) is 5.26 Å². The average molecular weight is 464 g/mol. The van der Waals surface area contributed by atoms with Gasteiger partial charge in [-0.3, -0.25) is 0 Å². The third-order valence-corrected chi connectivity index (χ3v) is 8.00. The largest absolute Gasteiger partial charge is 0.364 e. The molecule has 0 bridgehead atoms. The van der Waals surface area contributed by atoms with Gasteiger partial charge in [-0.05, 0) is 42.2 Å². The number of aromatic amines is 1. The fourth-order valence-electron chi connectivity index (χ4n) is 4.38. The molecule has 1 N–H and O–H groups in total. The molecule has 7 nitrogen and oxygen atoms in total. The molecule has 0 spiro atoms. The molecule has 1 aliphatic rings. The van der Waals surface area contributed by atoms with E-state index in [9.17, 15) is 13.7 Å². The molecular formula is C25H29N5O2S. The van der Waals surface area contributed by atoms with Gasteiger partial charge >= 0.3 is 0 Å². The minimum Gasteiger partial charge on any atom is -0.364 e. The summed E-state index contributed by atoms with van der Waals surface area (Å²) in [7, 11) is -3.48. The van der Waals surface area contributed by atoms with Crippen LogP contribution in [0.4, 0.5) is 5.69 Å². The second kappa shape index (κ2) is 10.2. The van der Waals surface area contributed by atoms with E-state index in [1.54, 1.807) is 16.7 Å². The lowest BCUT2D eigenvalue weighted by molar-refractivity contribution is 0.317. The van der Waals surface area contributed by atoms with Crippen molar-refractivity contribution in [2.75, 3.05) is 17.2 Å². The quantitative estimate of drug-likeness (QED) is 0.548. The van der Waals surface area contributed by atoms with Crippen LogP contribution in [-0.4, -0.2) is 41.0 Å². The molecule has 0 saturated carbocycles. The molecule has 8 heteroatoms. The number of hydrogen-bond acceptors (Lipinski definition) is 5. The summed E-state index contributed by atoms with van der Waals surface area (Å²) < 4.78 is 28.7. The fraction of sp³-hybridized carbons (Fsp3) is 0.360. The first-order chi connectivity index (χ1) is 16.0. The van der Waals surface area contributed by atoms with Gasteiger partial charge in [0.05, 0.1) is 36.0 Å². The van der Waals surface area contributed by atoms with E-state index in [4.69, 9.17) is 0 Å². The van der Waals surface area contributed by atoms with Gasteiger partial charge in [-0.1, -0.05) is 43.7 Å². The maximum atomic E-state index is 13.5. The fourth-order valence-corrected chi connectivity index (χ4v) is 6.19. The molecule has 1 atom stereocenters. The lowest BCUT2D eigenvalue weighted by Crippen LogP contribution is -2.46. The SMILES string of the molecule is CCCCS(=O)(=O)N1Cc2cc(C#N)ccc2N(Cc2c[nH]cn2)CC1Cc1ccccc1. The van der Waals surface area contributed by atoms with Crippen LogP contribution < -0.4 is 4.90 Å². The van der Waals surface area contributed by atoms with E-state index in [1.807, 2.05) is 55.6 Å². The molecule has 1 unspecified atom stereocenters. The minimum absolute atomic E-state index is 0.126. The first-order valence-electron chi connectivity index (χ1n) is 11.3. The Kier molecular flexibility index (Phi) is 7.11. The van der Waals surface area contributed by atoms with Crippen LogP contribution >= 0.6 is 0 Å². The Morgan fingerprint density at radius 2 is 2.03 bits per heavy atom. The normalized spacial score (nSPS) is 16.7. The topological polar surface area (TPSA) is 93.1 Å². The van der Waals surface area contributed by atoms with Crippen LogP contribution in [0.15, 0.2) is 61.1 Å². The summed E-state index contributed by atoms with van der Waals surface area (Å²) >= 11 is 0. The summed E-state index contributed by atoms with van der Waals surface area (Å²) in [5.41, 5.74) is 4.30. The number of nitrogens with zero attached hydrogens (tertiary/aromatic N) is 4. The highest BCUT2D eigenvalue weighted by Crippen LogP contribution is 2.32. The molecule has 4 rings (SSSR count). The third kappa shape index (κ3) is 5.44. The van der Waals surface area contributed by atoms with Crippen LogP contribution in [0, 0.1) is 11.3 Å². The number of H-pyrrole nitrogens is 1. The van der Waals surface area contributed by atoms with E-state index in [2.05, 4.69) is 20.9 Å². The van der Waals surface area contributed by atoms with Gasteiger partial charge < -0.3 is 9.88 Å². The van der Waals surface area contributed by atoms with E-state index >= 15 is 0 Å². The number of sulfonamides is 1. The van der Waals surface area contributed by atoms with E-state index in [0.29, 0.717) is 31.5 Å². The van der Waals surface area contributed by atoms with Crippen LogP contribution in [0.3, 0.4) is 0 Å². The highest BCUT2D eigenvalue weighted by atomic mass is 32.2. The first kappa shape index (κ1) is 23.0. The summed E-state index contributed by atoms with van der Waals surface area (Å²) in [6.07, 6.45) is 5.56. The molecule has 33 heavy (non-hydrogen) atoms. The van der Waals surface area contributed by atoms with Gasteiger partial charge in [0.1, 0.15) is 0 Å². The summed E-state index contributed by atoms with van der Waals surface area (Å²) in [4.78, 5) is 9.57. The molecule has 0 aliphatic carbocycles. The Balaban J connectivity index is 1.77. The zero-order chi connectivity index (χ0) is 23.3. The Bertz CT molecular complexity index is 1200. The van der Waals surface area contributed by atoms with Gasteiger partial charge in [-0.25, -0.2) is 13.4 Å². The second-order valence-electron chi connectivity index (χ2n) is 8.45. The van der Waals surface area contributed by atoms with Crippen molar-refractivity contribution in [3.63, 3.8) is 0 Å². The second-order valence-corrected chi connectivity index (χ2v) is 10.5. The number of fused-ring (bicyclic) bond motifs is 1. The number of hydrogen-bond donors (Lipinski definition) is 1. The number of nitriles is 1. The lowest BCUT2D eigenvalue weighted by atomic mass is 10.1. The first-order valence-corrected chi connectivity index (χ1v) is 12.9. The zero-order valence-corrected chi connectivity index (χ0v) is 19.6. The standard InChI is InChI=1S/C25H29N5O2S/c1-2-3-11-33(31,32)30-16-22-12-21(14-26)9-10-25(22)29(17-23-15-27-19-28-23)18-24(30)13-20-7-5-4-6-8-20/h4-10,12,15,19,24H,2-3,11,13,16-18H2,1H3,(H,27,28). The van der Waals surface area contributed by atoms with Gasteiger partial charge in [0.2, 0.25) is 10.0 Å². The van der Waals surface area contributed by atoms with Gasteiger partial charge in [0.15, 0.2) is 0 Å². The zero-order valence-electron chi connectivity index (χ0n) is 18.8. The molecule has 2 aromatic carbocycles. The highest BCUT2D eigenvalue weighted by Gasteiger charge is 2.35. The van der Waals surface area contributed by atoms with Crippen LogP contribution in [0.5, 0.6) is 0 Å². The third-order valence-electron chi connectivity index (χ3n) is 6.05. The number of rotatable bonds is 8. The molecule has 2 heterocycles. The maximum Gasteiger partial charge on any atom is 0.214 e. The van der Waals surface area contributed by atoms with Crippen LogP contribution in [0.25, 0.3) is 0 Å². The van der Waals surface area contributed by atoms with Crippen LogP contribution in [0.2, 0.25) is 0 Å². The number of nitrogens with one attached hydrogen (secondary N) is 1. The summed E-state index contributed by atoms with van der Waals surface area (Å²) in [6, 6.07) is 17.5. The summed E-state index contributed by atoms with van der Waals surface area (Å²) in [5.74, 6) is 0.126. The molecule has 3 aromatic rings. The minimum atomic E-state index is -3.48. The molecule has 0 amide bonds. The highest BCUT2D eigenvalue weighted by molar-refractivity contribution is 7.89. The average Bonchev–Trinajstić information content (AvgIpc) is 3.28. The van der Waals surface area contributed by atoms with Crippen LogP contribution in [-0.2, 0) is 29.5 Å². The molecular weight excluding hydrogens is 434 g/mol. The van der Waals surface area contributed by atoms with Crippen molar-refractivity contribution >= 4 is 15.7 Å². The summed E-state index contributed by atoms with van der Waals surface area (Å²) in [6.45, 7) is 3.34. The number of benzene rings is 2. The smallest absolute Gasteiger partial charge is 0.214 e. The van der Waals surface area contributed by atoms with E-state index in [1.165, 1.54) is 0 Å². The van der Waals surface area contributed by atoms with Crippen molar-refractivity contribution in [1.82, 2.24) is 14.3 Å². The van der Waals surface area contributed by atoms with Crippen molar-refractivity contribution in [2.24, 2.45) is 0 Å². The molecule has 1 aromatic heterocycles. The van der Waals surface area contributed by atoms with E-state index in [-0.39, 0.29) is 18.3 Å². The summed E-state index contributed by atoms with van der Waals surface area (Å²) in [5, 5.41) is 9.46. The van der Waals surface area contributed by atoms with E-state index in [0.717, 1.165) is 28.9 Å². The lowest BCUT2D eigenvalue weighted by Gasteiger charge is -2.32. The Morgan fingerprint density at radius 3 is 2.73 bits per heavy atom. The predicted molar refractivity (Wildman–Crippen MR) is 129 cm³/mol. The van der Waals surface area contributed by atoms with Gasteiger partial charge in [-0.2, -0.15) is 9.57 Å². The van der Waals surface area contributed by atoms with Gasteiger partial charge in [0, 0.05) is 31.0 Å². The molecule has 0 saturated heterocycles. The van der Waals surface area contributed by atoms with Crippen molar-refractivity contribution in [3.8, 4) is 6.07 Å². The Labute approximate surface area is 195 Å². The predicted octanol–water partition coefficient (Wildman–Crippen LogP) is 3.84. The van der Waals surface area contributed by atoms with Crippen LogP contribution in [0.1, 0.15) is 42.1 Å². The number of aromatic nitrogens is 2.